The minimum atomic E-state index is -0.135. The van der Waals surface area contributed by atoms with Crippen LogP contribution >= 0.6 is 0 Å². The van der Waals surface area contributed by atoms with Crippen LogP contribution in [0.25, 0.3) is 0 Å². The van der Waals surface area contributed by atoms with Crippen LogP contribution in [0.1, 0.15) is 70.6 Å². The summed E-state index contributed by atoms with van der Waals surface area (Å²) in [6.07, 6.45) is 14.2. The third-order valence-corrected chi connectivity index (χ3v) is 6.74. The molecule has 4 atom stereocenters. The van der Waals surface area contributed by atoms with E-state index in [0.29, 0.717) is 17.4 Å². The van der Waals surface area contributed by atoms with E-state index < -0.39 is 0 Å². The molecule has 0 aromatic carbocycles. The van der Waals surface area contributed by atoms with Crippen LogP contribution in [0.3, 0.4) is 0 Å². The van der Waals surface area contributed by atoms with Crippen LogP contribution in [0.15, 0.2) is 0 Å². The van der Waals surface area contributed by atoms with Crippen molar-refractivity contribution in [2.75, 3.05) is 0 Å². The third-order valence-electron chi connectivity index (χ3n) is 6.74. The average molecular weight is 277 g/mol. The Morgan fingerprint density at radius 1 is 1.00 bits per heavy atom. The highest BCUT2D eigenvalue weighted by atomic mass is 16.6. The van der Waals surface area contributed by atoms with Crippen molar-refractivity contribution < 1.29 is 9.53 Å². The van der Waals surface area contributed by atoms with E-state index in [1.807, 2.05) is 0 Å². The van der Waals surface area contributed by atoms with Crippen LogP contribution in [0.2, 0.25) is 0 Å². The van der Waals surface area contributed by atoms with E-state index in [0.717, 1.165) is 25.2 Å². The van der Waals surface area contributed by atoms with Gasteiger partial charge >= 0.3 is 6.09 Å². The predicted octanol–water partition coefficient (Wildman–Crippen LogP) is 4.01. The molecule has 0 heterocycles. The van der Waals surface area contributed by atoms with Crippen molar-refractivity contribution in [1.82, 2.24) is 5.32 Å². The van der Waals surface area contributed by atoms with Crippen LogP contribution in [0.5, 0.6) is 0 Å². The number of hydrogen-bond acceptors (Lipinski definition) is 2. The normalized spacial score (nSPS) is 43.5. The standard InChI is InChI=1S/C17H27NO2/c19-16(18-12-5-2-1-3-6-12)20-15-11-17-9-4-7-14(17)13(15)8-10-17/h12-15H,1-11H2,(H,18,19). The molecule has 4 aliphatic rings. The van der Waals surface area contributed by atoms with Crippen molar-refractivity contribution in [3.05, 3.63) is 0 Å². The summed E-state index contributed by atoms with van der Waals surface area (Å²) in [6.45, 7) is 0. The van der Waals surface area contributed by atoms with Gasteiger partial charge in [-0.3, -0.25) is 0 Å². The third kappa shape index (κ3) is 2.05. The van der Waals surface area contributed by atoms with Gasteiger partial charge in [0.1, 0.15) is 6.10 Å². The van der Waals surface area contributed by atoms with Gasteiger partial charge in [-0.1, -0.05) is 25.7 Å². The number of nitrogens with one attached hydrogen (secondary N) is 1. The van der Waals surface area contributed by atoms with E-state index in [4.69, 9.17) is 4.74 Å². The van der Waals surface area contributed by atoms with Gasteiger partial charge in [-0.2, -0.15) is 0 Å². The topological polar surface area (TPSA) is 38.3 Å². The van der Waals surface area contributed by atoms with E-state index in [2.05, 4.69) is 5.32 Å². The highest BCUT2D eigenvalue weighted by molar-refractivity contribution is 5.68. The summed E-state index contributed by atoms with van der Waals surface area (Å²) in [7, 11) is 0. The predicted molar refractivity (Wildman–Crippen MR) is 77.4 cm³/mol. The lowest BCUT2D eigenvalue weighted by Gasteiger charge is -2.29. The molecule has 4 fully saturated rings. The minimum Gasteiger partial charge on any atom is -0.446 e. The van der Waals surface area contributed by atoms with Crippen molar-refractivity contribution in [3.8, 4) is 0 Å². The van der Waals surface area contributed by atoms with Crippen molar-refractivity contribution in [2.24, 2.45) is 17.3 Å². The fourth-order valence-electron chi connectivity index (χ4n) is 5.87. The number of carbonyl (C=O) groups excluding carboxylic acids is 1. The number of alkyl carbamates (subject to hydrolysis) is 1. The highest BCUT2D eigenvalue weighted by Gasteiger charge is 2.60. The molecule has 4 unspecified atom stereocenters. The molecule has 4 rings (SSSR count). The number of rotatable bonds is 2. The van der Waals surface area contributed by atoms with Gasteiger partial charge < -0.3 is 10.1 Å². The lowest BCUT2D eigenvalue weighted by Crippen LogP contribution is -2.39. The monoisotopic (exact) mass is 277 g/mol. The van der Waals surface area contributed by atoms with Crippen LogP contribution in [-0.4, -0.2) is 18.2 Å². The second-order valence-electron chi connectivity index (χ2n) is 7.69. The average Bonchev–Trinajstić information content (AvgIpc) is 3.04. The van der Waals surface area contributed by atoms with Gasteiger partial charge in [0.25, 0.3) is 0 Å². The number of carbonyl (C=O) groups is 1. The van der Waals surface area contributed by atoms with Gasteiger partial charge in [0.15, 0.2) is 0 Å². The van der Waals surface area contributed by atoms with Gasteiger partial charge in [-0.15, -0.1) is 0 Å². The Morgan fingerprint density at radius 3 is 2.65 bits per heavy atom. The van der Waals surface area contributed by atoms with Gasteiger partial charge in [-0.25, -0.2) is 4.79 Å². The molecule has 0 spiro atoms. The van der Waals surface area contributed by atoms with Crippen LogP contribution in [-0.2, 0) is 4.74 Å². The molecule has 0 aromatic rings. The summed E-state index contributed by atoms with van der Waals surface area (Å²) in [6, 6.07) is 0.368. The first kappa shape index (κ1) is 13.0. The van der Waals surface area contributed by atoms with Gasteiger partial charge in [0, 0.05) is 6.04 Å². The van der Waals surface area contributed by atoms with Crippen molar-refractivity contribution in [1.29, 1.82) is 0 Å². The molecular formula is C17H27NO2. The van der Waals surface area contributed by atoms with Gasteiger partial charge in [0.2, 0.25) is 0 Å². The molecule has 2 bridgehead atoms. The molecule has 3 nitrogen and oxygen atoms in total. The summed E-state index contributed by atoms with van der Waals surface area (Å²) in [4.78, 5) is 12.1. The maximum Gasteiger partial charge on any atom is 0.407 e. The maximum absolute atomic E-state index is 12.1. The molecule has 1 amide bonds. The SMILES string of the molecule is O=C(NC1CCCCC1)OC1CC23CCCC2C1CC3. The molecule has 112 valence electrons. The Hall–Kier alpha value is -0.730. The Morgan fingerprint density at radius 2 is 1.85 bits per heavy atom. The Kier molecular flexibility index (Phi) is 3.19. The Labute approximate surface area is 121 Å². The first-order valence-corrected chi connectivity index (χ1v) is 8.74. The van der Waals surface area contributed by atoms with Crippen LogP contribution < -0.4 is 5.32 Å². The highest BCUT2D eigenvalue weighted by Crippen LogP contribution is 2.66. The summed E-state index contributed by atoms with van der Waals surface area (Å²) in [5.41, 5.74) is 0.570. The number of hydrogen-bond donors (Lipinski definition) is 1. The van der Waals surface area contributed by atoms with E-state index >= 15 is 0 Å². The summed E-state index contributed by atoms with van der Waals surface area (Å²) < 4.78 is 5.83. The fourth-order valence-corrected chi connectivity index (χ4v) is 5.87. The molecular weight excluding hydrogens is 250 g/mol. The molecule has 1 N–H and O–H groups in total. The zero-order valence-corrected chi connectivity index (χ0v) is 12.4. The number of ether oxygens (including phenoxy) is 1. The molecule has 0 aromatic heterocycles. The zero-order valence-electron chi connectivity index (χ0n) is 12.4. The van der Waals surface area contributed by atoms with Crippen molar-refractivity contribution >= 4 is 6.09 Å². The first-order valence-electron chi connectivity index (χ1n) is 8.74. The molecule has 0 aliphatic heterocycles. The summed E-state index contributed by atoms with van der Waals surface area (Å²) in [5.74, 6) is 1.55. The van der Waals surface area contributed by atoms with E-state index in [-0.39, 0.29) is 12.2 Å². The lowest BCUT2D eigenvalue weighted by atomic mass is 9.80. The second-order valence-corrected chi connectivity index (χ2v) is 7.69. The van der Waals surface area contributed by atoms with Crippen molar-refractivity contribution in [2.45, 2.75) is 82.8 Å². The Balaban J connectivity index is 1.33. The summed E-state index contributed by atoms with van der Waals surface area (Å²) in [5, 5.41) is 3.11. The maximum atomic E-state index is 12.1. The van der Waals surface area contributed by atoms with Gasteiger partial charge in [-0.05, 0) is 62.2 Å². The zero-order chi connectivity index (χ0) is 13.6. The lowest BCUT2D eigenvalue weighted by molar-refractivity contribution is 0.0488. The molecule has 4 aliphatic carbocycles. The molecule has 3 heteroatoms. The van der Waals surface area contributed by atoms with E-state index in [1.165, 1.54) is 51.4 Å². The molecule has 0 radical (unpaired) electrons. The fraction of sp³-hybridized carbons (Fsp3) is 0.941. The molecule has 20 heavy (non-hydrogen) atoms. The van der Waals surface area contributed by atoms with Gasteiger partial charge in [0.05, 0.1) is 0 Å². The second kappa shape index (κ2) is 4.92. The Bertz CT molecular complexity index is 386. The van der Waals surface area contributed by atoms with Crippen LogP contribution in [0.4, 0.5) is 4.79 Å². The number of amides is 1. The minimum absolute atomic E-state index is 0.135. The van der Waals surface area contributed by atoms with E-state index in [1.54, 1.807) is 0 Å². The van der Waals surface area contributed by atoms with E-state index in [9.17, 15) is 4.79 Å². The first-order chi connectivity index (χ1) is 9.77. The van der Waals surface area contributed by atoms with Crippen molar-refractivity contribution in [3.63, 3.8) is 0 Å². The largest absolute Gasteiger partial charge is 0.446 e. The van der Waals surface area contributed by atoms with Crippen LogP contribution in [0, 0.1) is 17.3 Å². The molecule has 0 saturated heterocycles. The molecule has 4 saturated carbocycles. The smallest absolute Gasteiger partial charge is 0.407 e. The quantitative estimate of drug-likeness (QED) is 0.828. The summed E-state index contributed by atoms with van der Waals surface area (Å²) >= 11 is 0.